The predicted molar refractivity (Wildman–Crippen MR) is 101 cm³/mol. The molecule has 2 aliphatic carbocycles. The lowest BCUT2D eigenvalue weighted by atomic mass is 9.72. The summed E-state index contributed by atoms with van der Waals surface area (Å²) in [5.74, 6) is 8.79. The molecule has 0 spiro atoms. The highest BCUT2D eigenvalue weighted by Crippen LogP contribution is 2.58. The molecule has 2 rings (SSSR count). The van der Waals surface area contributed by atoms with E-state index in [4.69, 9.17) is 0 Å². The van der Waals surface area contributed by atoms with Crippen molar-refractivity contribution in [2.45, 2.75) is 88.0 Å². The average molecular weight is 309 g/mol. The minimum atomic E-state index is 0.849. The summed E-state index contributed by atoms with van der Waals surface area (Å²) in [6.07, 6.45) is 5.76. The summed E-state index contributed by atoms with van der Waals surface area (Å²) < 4.78 is 0. The van der Waals surface area contributed by atoms with E-state index in [9.17, 15) is 0 Å². The first kappa shape index (κ1) is 20.0. The fourth-order valence-corrected chi connectivity index (χ4v) is 4.69. The number of hydrogen-bond donors (Lipinski definition) is 0. The van der Waals surface area contributed by atoms with Gasteiger partial charge in [-0.3, -0.25) is 0 Å². The quantitative estimate of drug-likeness (QED) is 0.463. The van der Waals surface area contributed by atoms with E-state index in [1.807, 2.05) is 0 Å². The van der Waals surface area contributed by atoms with Gasteiger partial charge in [-0.05, 0) is 72.5 Å². The van der Waals surface area contributed by atoms with Gasteiger partial charge in [0.15, 0.2) is 0 Å². The maximum Gasteiger partial charge on any atom is -0.0326 e. The van der Waals surface area contributed by atoms with Crippen LogP contribution in [0.3, 0.4) is 0 Å². The van der Waals surface area contributed by atoms with Crippen molar-refractivity contribution in [3.05, 3.63) is 0 Å². The van der Waals surface area contributed by atoms with Crippen molar-refractivity contribution in [2.75, 3.05) is 0 Å². The predicted octanol–water partition coefficient (Wildman–Crippen LogP) is 7.29. The van der Waals surface area contributed by atoms with Gasteiger partial charge in [-0.2, -0.15) is 0 Å². The zero-order valence-corrected chi connectivity index (χ0v) is 17.0. The van der Waals surface area contributed by atoms with Crippen LogP contribution in [0.15, 0.2) is 0 Å². The molecular formula is C22H44. The fraction of sp³-hybridized carbons (Fsp3) is 1.00. The largest absolute Gasteiger partial charge is 0.0656 e. The van der Waals surface area contributed by atoms with Crippen LogP contribution in [0.25, 0.3) is 0 Å². The van der Waals surface area contributed by atoms with Gasteiger partial charge in [0.1, 0.15) is 0 Å². The van der Waals surface area contributed by atoms with E-state index >= 15 is 0 Å². The molecule has 0 heterocycles. The van der Waals surface area contributed by atoms with Crippen LogP contribution in [0.5, 0.6) is 0 Å². The molecule has 132 valence electrons. The lowest BCUT2D eigenvalue weighted by molar-refractivity contribution is 0.149. The van der Waals surface area contributed by atoms with Crippen molar-refractivity contribution in [2.24, 2.45) is 53.3 Å². The Morgan fingerprint density at radius 2 is 1.36 bits per heavy atom. The van der Waals surface area contributed by atoms with Crippen LogP contribution in [-0.4, -0.2) is 0 Å². The third-order valence-corrected chi connectivity index (χ3v) is 6.36. The molecule has 0 aromatic heterocycles. The highest BCUT2D eigenvalue weighted by molar-refractivity contribution is 5.00. The topological polar surface area (TPSA) is 0 Å². The summed E-state index contributed by atoms with van der Waals surface area (Å²) in [4.78, 5) is 0. The second-order valence-corrected chi connectivity index (χ2v) is 9.41. The van der Waals surface area contributed by atoms with Crippen LogP contribution < -0.4 is 0 Å². The Morgan fingerprint density at radius 3 is 1.73 bits per heavy atom. The average Bonchev–Trinajstić information content (AvgIpc) is 3.29. The van der Waals surface area contributed by atoms with Crippen LogP contribution >= 0.6 is 0 Å². The van der Waals surface area contributed by atoms with E-state index in [1.165, 1.54) is 25.7 Å². The third kappa shape index (κ3) is 5.57. The lowest BCUT2D eigenvalue weighted by Gasteiger charge is -2.33. The van der Waals surface area contributed by atoms with Gasteiger partial charge < -0.3 is 0 Å². The Balaban J connectivity index is 0.000000745. The maximum absolute atomic E-state index is 2.57. The summed E-state index contributed by atoms with van der Waals surface area (Å²) >= 11 is 0. The number of hydrogen-bond acceptors (Lipinski definition) is 0. The zero-order valence-electron chi connectivity index (χ0n) is 17.0. The van der Waals surface area contributed by atoms with Crippen molar-refractivity contribution in [3.63, 3.8) is 0 Å². The molecular weight excluding hydrogens is 264 g/mol. The Kier molecular flexibility index (Phi) is 7.96. The Bertz CT molecular complexity index is 303. The molecule has 0 amide bonds. The van der Waals surface area contributed by atoms with Crippen molar-refractivity contribution in [1.82, 2.24) is 0 Å². The van der Waals surface area contributed by atoms with Gasteiger partial charge in [0.2, 0.25) is 0 Å². The Hall–Kier alpha value is 0. The molecule has 0 radical (unpaired) electrons. The minimum Gasteiger partial charge on any atom is -0.0656 e. The van der Waals surface area contributed by atoms with Crippen LogP contribution in [0, 0.1) is 53.3 Å². The molecule has 0 aromatic rings. The number of rotatable bonds is 7. The summed E-state index contributed by atoms with van der Waals surface area (Å²) in [6.45, 7) is 21.5. The molecule has 0 nitrogen and oxygen atoms in total. The normalized spacial score (nSPS) is 34.0. The Morgan fingerprint density at radius 1 is 0.864 bits per heavy atom. The van der Waals surface area contributed by atoms with Gasteiger partial charge in [0.25, 0.3) is 0 Å². The molecule has 0 heteroatoms. The monoisotopic (exact) mass is 308 g/mol. The smallest absolute Gasteiger partial charge is 0.0326 e. The van der Waals surface area contributed by atoms with Crippen LogP contribution in [0.2, 0.25) is 0 Å². The molecule has 22 heavy (non-hydrogen) atoms. The van der Waals surface area contributed by atoms with E-state index < -0.39 is 0 Å². The van der Waals surface area contributed by atoms with Crippen molar-refractivity contribution in [3.8, 4) is 0 Å². The molecule has 2 aliphatic rings. The first-order valence-electron chi connectivity index (χ1n) is 10.2. The standard InChI is InChI=1S/C19H36.C3H8/c1-11(2)8-16-10-18(16)19(14(6)12(3)4)15(7)17-9-13(17)5;1-3-2/h11-19H,8-10H2,1-7H3;3H2,1-2H3. The summed E-state index contributed by atoms with van der Waals surface area (Å²) in [5.41, 5.74) is 0. The second kappa shape index (κ2) is 8.74. The van der Waals surface area contributed by atoms with E-state index in [-0.39, 0.29) is 0 Å². The molecule has 7 atom stereocenters. The van der Waals surface area contributed by atoms with Gasteiger partial charge in [-0.1, -0.05) is 68.7 Å². The lowest BCUT2D eigenvalue weighted by Crippen LogP contribution is -2.28. The van der Waals surface area contributed by atoms with E-state index in [2.05, 4.69) is 62.3 Å². The molecule has 7 unspecified atom stereocenters. The second-order valence-electron chi connectivity index (χ2n) is 9.41. The van der Waals surface area contributed by atoms with Crippen LogP contribution in [0.1, 0.15) is 88.0 Å². The zero-order chi connectivity index (χ0) is 17.0. The van der Waals surface area contributed by atoms with E-state index in [1.54, 1.807) is 0 Å². The van der Waals surface area contributed by atoms with Crippen molar-refractivity contribution in [1.29, 1.82) is 0 Å². The van der Waals surface area contributed by atoms with Gasteiger partial charge in [0.05, 0.1) is 0 Å². The Labute approximate surface area is 141 Å². The van der Waals surface area contributed by atoms with Crippen LogP contribution in [0.4, 0.5) is 0 Å². The molecule has 2 saturated carbocycles. The minimum absolute atomic E-state index is 0.849. The van der Waals surface area contributed by atoms with Crippen molar-refractivity contribution < 1.29 is 0 Å². The molecule has 2 fully saturated rings. The van der Waals surface area contributed by atoms with Gasteiger partial charge in [0, 0.05) is 0 Å². The first-order valence-corrected chi connectivity index (χ1v) is 10.2. The molecule has 0 bridgehead atoms. The SMILES string of the molecule is CC(C)CC1CC1C(C(C)C(C)C)C(C)C1CC1C.CCC. The summed E-state index contributed by atoms with van der Waals surface area (Å²) in [6, 6.07) is 0. The van der Waals surface area contributed by atoms with Crippen LogP contribution in [-0.2, 0) is 0 Å². The summed E-state index contributed by atoms with van der Waals surface area (Å²) in [7, 11) is 0. The first-order chi connectivity index (χ1) is 10.2. The maximum atomic E-state index is 2.57. The van der Waals surface area contributed by atoms with Gasteiger partial charge in [-0.25, -0.2) is 0 Å². The fourth-order valence-electron chi connectivity index (χ4n) is 4.69. The summed E-state index contributed by atoms with van der Waals surface area (Å²) in [5, 5.41) is 0. The molecule has 0 aliphatic heterocycles. The molecule has 0 aromatic carbocycles. The van der Waals surface area contributed by atoms with E-state index in [0.717, 1.165) is 53.3 Å². The van der Waals surface area contributed by atoms with Gasteiger partial charge >= 0.3 is 0 Å². The van der Waals surface area contributed by atoms with Crippen molar-refractivity contribution >= 4 is 0 Å². The highest BCUT2D eigenvalue weighted by atomic mass is 14.6. The molecule has 0 N–H and O–H groups in total. The molecule has 0 saturated heterocycles. The van der Waals surface area contributed by atoms with E-state index in [0.29, 0.717) is 0 Å². The highest BCUT2D eigenvalue weighted by Gasteiger charge is 2.51. The van der Waals surface area contributed by atoms with Gasteiger partial charge in [-0.15, -0.1) is 0 Å². The third-order valence-electron chi connectivity index (χ3n) is 6.36.